The third-order valence-corrected chi connectivity index (χ3v) is 5.20. The number of thioether (sulfide) groups is 1. The number of rotatable bonds is 9. The van der Waals surface area contributed by atoms with Crippen LogP contribution in [-0.2, 0) is 14.3 Å². The van der Waals surface area contributed by atoms with E-state index >= 15 is 0 Å². The summed E-state index contributed by atoms with van der Waals surface area (Å²) in [6.45, 7) is -0.358. The second kappa shape index (κ2) is 10.9. The van der Waals surface area contributed by atoms with E-state index in [9.17, 15) is 14.4 Å². The van der Waals surface area contributed by atoms with E-state index in [1.807, 2.05) is 6.26 Å². The largest absolute Gasteiger partial charge is 0.454 e. The van der Waals surface area contributed by atoms with Gasteiger partial charge in [-0.3, -0.25) is 9.59 Å². The van der Waals surface area contributed by atoms with Crippen LogP contribution in [0.2, 0.25) is 5.02 Å². The van der Waals surface area contributed by atoms with Gasteiger partial charge in [0.15, 0.2) is 18.1 Å². The van der Waals surface area contributed by atoms with E-state index in [1.165, 1.54) is 11.8 Å². The van der Waals surface area contributed by atoms with Crippen molar-refractivity contribution in [1.29, 1.82) is 0 Å². The summed E-state index contributed by atoms with van der Waals surface area (Å²) in [6, 6.07) is 10.4. The first-order valence-corrected chi connectivity index (χ1v) is 11.1. The number of amides is 2. The van der Waals surface area contributed by atoms with Crippen LogP contribution < -0.4 is 20.1 Å². The van der Waals surface area contributed by atoms with E-state index in [1.54, 1.807) is 42.5 Å². The molecular weight excluding hydrogens is 444 g/mol. The number of ether oxygens (including phenoxy) is 3. The highest BCUT2D eigenvalue weighted by atomic mass is 35.5. The van der Waals surface area contributed by atoms with Crippen molar-refractivity contribution in [2.75, 3.05) is 30.7 Å². The fraction of sp³-hybridized carbons (Fsp3) is 0.286. The first-order chi connectivity index (χ1) is 15.0. The Bertz CT molecular complexity index is 953. The van der Waals surface area contributed by atoms with Crippen LogP contribution in [0.3, 0.4) is 0 Å². The average molecular weight is 465 g/mol. The molecular formula is C21H21ClN2O6S. The van der Waals surface area contributed by atoms with Crippen LogP contribution >= 0.6 is 23.4 Å². The van der Waals surface area contributed by atoms with Crippen LogP contribution in [0.15, 0.2) is 42.5 Å². The molecule has 1 aliphatic rings. The number of anilines is 1. The number of hydrogen-bond donors (Lipinski definition) is 2. The molecule has 0 aliphatic carbocycles. The minimum absolute atomic E-state index is 0.128. The molecule has 31 heavy (non-hydrogen) atoms. The molecule has 10 heteroatoms. The zero-order valence-electron chi connectivity index (χ0n) is 16.7. The SMILES string of the molecule is CSCCC(NC(=O)c1ccc(Cl)cc1)C(=O)OCC(=O)Nc1ccc2c(c1)OCO2. The molecule has 2 aromatic rings. The maximum atomic E-state index is 12.5. The molecule has 3 rings (SSSR count). The van der Waals surface area contributed by atoms with Gasteiger partial charge in [-0.25, -0.2) is 4.79 Å². The fourth-order valence-electron chi connectivity index (χ4n) is 2.74. The van der Waals surface area contributed by atoms with Crippen LogP contribution in [0.1, 0.15) is 16.8 Å². The van der Waals surface area contributed by atoms with Crippen LogP contribution in [0.25, 0.3) is 0 Å². The van der Waals surface area contributed by atoms with Crippen molar-refractivity contribution in [2.24, 2.45) is 0 Å². The van der Waals surface area contributed by atoms with Crippen LogP contribution in [-0.4, -0.2) is 49.2 Å². The molecule has 0 aromatic heterocycles. The van der Waals surface area contributed by atoms with E-state index in [0.717, 1.165) is 0 Å². The van der Waals surface area contributed by atoms with Gasteiger partial charge in [-0.05, 0) is 54.8 Å². The van der Waals surface area contributed by atoms with Crippen molar-refractivity contribution in [1.82, 2.24) is 5.32 Å². The minimum atomic E-state index is -0.881. The predicted molar refractivity (Wildman–Crippen MR) is 118 cm³/mol. The van der Waals surface area contributed by atoms with Gasteiger partial charge in [-0.2, -0.15) is 11.8 Å². The van der Waals surface area contributed by atoms with Gasteiger partial charge in [0.1, 0.15) is 6.04 Å². The molecule has 1 aliphatic heterocycles. The molecule has 0 radical (unpaired) electrons. The lowest BCUT2D eigenvalue weighted by molar-refractivity contribution is -0.149. The van der Waals surface area contributed by atoms with Crippen molar-refractivity contribution in [3.05, 3.63) is 53.1 Å². The second-order valence-electron chi connectivity index (χ2n) is 6.54. The van der Waals surface area contributed by atoms with Gasteiger partial charge < -0.3 is 24.8 Å². The highest BCUT2D eigenvalue weighted by molar-refractivity contribution is 7.98. The Morgan fingerprint density at radius 2 is 1.87 bits per heavy atom. The molecule has 0 bridgehead atoms. The summed E-state index contributed by atoms with van der Waals surface area (Å²) in [4.78, 5) is 37.1. The van der Waals surface area contributed by atoms with E-state index in [4.69, 9.17) is 25.8 Å². The molecule has 164 valence electrons. The molecule has 0 saturated carbocycles. The third-order valence-electron chi connectivity index (χ3n) is 4.31. The molecule has 2 N–H and O–H groups in total. The van der Waals surface area contributed by atoms with Crippen molar-refractivity contribution in [2.45, 2.75) is 12.5 Å². The molecule has 1 heterocycles. The van der Waals surface area contributed by atoms with Crippen LogP contribution in [0.5, 0.6) is 11.5 Å². The summed E-state index contributed by atoms with van der Waals surface area (Å²) >= 11 is 7.37. The van der Waals surface area contributed by atoms with E-state index in [0.29, 0.717) is 39.9 Å². The molecule has 1 unspecified atom stereocenters. The Labute approximate surface area is 188 Å². The lowest BCUT2D eigenvalue weighted by Gasteiger charge is -2.17. The van der Waals surface area contributed by atoms with E-state index in [-0.39, 0.29) is 6.79 Å². The molecule has 0 saturated heterocycles. The lowest BCUT2D eigenvalue weighted by atomic mass is 10.1. The van der Waals surface area contributed by atoms with Gasteiger partial charge in [0, 0.05) is 22.3 Å². The molecule has 2 aromatic carbocycles. The summed E-state index contributed by atoms with van der Waals surface area (Å²) in [5.74, 6) is 0.125. The lowest BCUT2D eigenvalue weighted by Crippen LogP contribution is -2.43. The zero-order valence-corrected chi connectivity index (χ0v) is 18.3. The third kappa shape index (κ3) is 6.53. The molecule has 0 spiro atoms. The van der Waals surface area contributed by atoms with Gasteiger partial charge in [0.05, 0.1) is 0 Å². The molecule has 0 fully saturated rings. The smallest absolute Gasteiger partial charge is 0.329 e. The molecule has 2 amide bonds. The standard InChI is InChI=1S/C21H21ClN2O6S/c1-31-9-8-16(24-20(26)13-2-4-14(22)5-3-13)21(27)28-11-19(25)23-15-6-7-17-18(10-15)30-12-29-17/h2-7,10,16H,8-9,11-12H2,1H3,(H,23,25)(H,24,26). The van der Waals surface area contributed by atoms with Crippen molar-refractivity contribution < 1.29 is 28.6 Å². The van der Waals surface area contributed by atoms with E-state index in [2.05, 4.69) is 10.6 Å². The summed E-state index contributed by atoms with van der Waals surface area (Å²) in [6.07, 6.45) is 2.26. The van der Waals surface area contributed by atoms with Crippen LogP contribution in [0, 0.1) is 0 Å². The summed E-state index contributed by atoms with van der Waals surface area (Å²) in [5.41, 5.74) is 0.854. The van der Waals surface area contributed by atoms with Crippen molar-refractivity contribution in [3.63, 3.8) is 0 Å². The number of halogens is 1. The molecule has 8 nitrogen and oxygen atoms in total. The van der Waals surface area contributed by atoms with Gasteiger partial charge >= 0.3 is 5.97 Å². The predicted octanol–water partition coefficient (Wildman–Crippen LogP) is 3.10. The minimum Gasteiger partial charge on any atom is -0.454 e. The number of nitrogens with one attached hydrogen (secondary N) is 2. The van der Waals surface area contributed by atoms with Gasteiger partial charge in [0.25, 0.3) is 11.8 Å². The normalized spacial score (nSPS) is 12.7. The number of esters is 1. The molecule has 1 atom stereocenters. The topological polar surface area (TPSA) is 103 Å². The second-order valence-corrected chi connectivity index (χ2v) is 7.96. The first kappa shape index (κ1) is 22.8. The van der Waals surface area contributed by atoms with Crippen molar-refractivity contribution >= 4 is 46.8 Å². The Morgan fingerprint density at radius 1 is 1.13 bits per heavy atom. The quantitative estimate of drug-likeness (QED) is 0.549. The Balaban J connectivity index is 1.53. The van der Waals surface area contributed by atoms with Crippen molar-refractivity contribution in [3.8, 4) is 11.5 Å². The average Bonchev–Trinajstić information content (AvgIpc) is 3.23. The maximum Gasteiger partial charge on any atom is 0.329 e. The summed E-state index contributed by atoms with van der Waals surface area (Å²) in [5, 5.41) is 5.79. The number of benzene rings is 2. The van der Waals surface area contributed by atoms with Gasteiger partial charge in [0.2, 0.25) is 6.79 Å². The van der Waals surface area contributed by atoms with Gasteiger partial charge in [-0.1, -0.05) is 11.6 Å². The Kier molecular flexibility index (Phi) is 8.02. The monoisotopic (exact) mass is 464 g/mol. The van der Waals surface area contributed by atoms with E-state index < -0.39 is 30.4 Å². The number of fused-ring (bicyclic) bond motifs is 1. The summed E-state index contributed by atoms with van der Waals surface area (Å²) in [7, 11) is 0. The number of carbonyl (C=O) groups excluding carboxylic acids is 3. The highest BCUT2D eigenvalue weighted by Crippen LogP contribution is 2.34. The van der Waals surface area contributed by atoms with Gasteiger partial charge in [-0.15, -0.1) is 0 Å². The Hall–Kier alpha value is -2.91. The summed E-state index contributed by atoms with van der Waals surface area (Å²) < 4.78 is 15.6. The maximum absolute atomic E-state index is 12.5. The van der Waals surface area contributed by atoms with Crippen LogP contribution in [0.4, 0.5) is 5.69 Å². The Morgan fingerprint density at radius 3 is 2.61 bits per heavy atom. The fourth-order valence-corrected chi connectivity index (χ4v) is 3.33. The number of carbonyl (C=O) groups is 3. The number of hydrogen-bond acceptors (Lipinski definition) is 7. The zero-order chi connectivity index (χ0) is 22.2. The highest BCUT2D eigenvalue weighted by Gasteiger charge is 2.23. The first-order valence-electron chi connectivity index (χ1n) is 9.38.